The Morgan fingerprint density at radius 2 is 1.91 bits per heavy atom. The molecular formula is C17H18N2O3S. The number of methoxy groups -OCH3 is 1. The maximum Gasteiger partial charge on any atom is 0.337 e. The number of esters is 1. The molecule has 0 aliphatic carbocycles. The molecule has 0 unspecified atom stereocenters. The van der Waals surface area contributed by atoms with Gasteiger partial charge in [-0.3, -0.25) is 4.79 Å². The van der Waals surface area contributed by atoms with Crippen LogP contribution in [0, 0.1) is 0 Å². The molecule has 6 heteroatoms. The van der Waals surface area contributed by atoms with Gasteiger partial charge in [0, 0.05) is 13.1 Å². The summed E-state index contributed by atoms with van der Waals surface area (Å²) in [7, 11) is 1.35. The summed E-state index contributed by atoms with van der Waals surface area (Å²) in [6.07, 6.45) is 5.37. The van der Waals surface area contributed by atoms with E-state index in [1.165, 1.54) is 25.3 Å². The largest absolute Gasteiger partial charge is 0.465 e. The van der Waals surface area contributed by atoms with Crippen LogP contribution < -0.4 is 0 Å². The zero-order valence-electron chi connectivity index (χ0n) is 12.9. The molecule has 0 aromatic heterocycles. The molecule has 0 N–H and O–H groups in total. The second kappa shape index (κ2) is 7.00. The van der Waals surface area contributed by atoms with Crippen molar-refractivity contribution in [3.05, 3.63) is 40.3 Å². The number of piperidine rings is 1. The van der Waals surface area contributed by atoms with Crippen LogP contribution in [0.3, 0.4) is 0 Å². The standard InChI is InChI=1S/C17H18N2O3S/c1-22-16(21)13-7-5-12(6-8-13)11-14-15(20)18-17(23-14)19-9-3-2-4-10-19/h5-8,11H,2-4,9-10H2,1H3/b14-11-. The van der Waals surface area contributed by atoms with Crippen molar-refractivity contribution in [2.45, 2.75) is 19.3 Å². The monoisotopic (exact) mass is 330 g/mol. The third-order valence-corrected chi connectivity index (χ3v) is 4.91. The van der Waals surface area contributed by atoms with Crippen molar-refractivity contribution in [2.24, 2.45) is 4.99 Å². The summed E-state index contributed by atoms with van der Waals surface area (Å²) in [5.41, 5.74) is 1.36. The normalized spacial score (nSPS) is 19.9. The number of carbonyl (C=O) groups is 2. The molecule has 0 atom stereocenters. The van der Waals surface area contributed by atoms with E-state index in [0.29, 0.717) is 10.5 Å². The Morgan fingerprint density at radius 3 is 2.57 bits per heavy atom. The topological polar surface area (TPSA) is 59.0 Å². The van der Waals surface area contributed by atoms with Gasteiger partial charge in [0.25, 0.3) is 5.91 Å². The van der Waals surface area contributed by atoms with Crippen LogP contribution >= 0.6 is 11.8 Å². The number of nitrogens with zero attached hydrogens (tertiary/aromatic N) is 2. The van der Waals surface area contributed by atoms with Crippen LogP contribution in [0.2, 0.25) is 0 Å². The lowest BCUT2D eigenvalue weighted by molar-refractivity contribution is -0.113. The first-order valence-corrected chi connectivity index (χ1v) is 8.45. The highest BCUT2D eigenvalue weighted by Gasteiger charge is 2.26. The number of thioether (sulfide) groups is 1. The van der Waals surface area contributed by atoms with E-state index in [-0.39, 0.29) is 11.9 Å². The van der Waals surface area contributed by atoms with Gasteiger partial charge in [0.05, 0.1) is 17.6 Å². The van der Waals surface area contributed by atoms with Gasteiger partial charge < -0.3 is 9.64 Å². The maximum absolute atomic E-state index is 12.1. The van der Waals surface area contributed by atoms with Gasteiger partial charge in [0.15, 0.2) is 5.17 Å². The minimum Gasteiger partial charge on any atom is -0.465 e. The third kappa shape index (κ3) is 3.64. The molecule has 5 nitrogen and oxygen atoms in total. The molecule has 1 amide bonds. The van der Waals surface area contributed by atoms with Crippen molar-refractivity contribution >= 4 is 34.9 Å². The number of hydrogen-bond donors (Lipinski definition) is 0. The first-order chi connectivity index (χ1) is 11.2. The maximum atomic E-state index is 12.1. The summed E-state index contributed by atoms with van der Waals surface area (Å²) in [5.74, 6) is -0.557. The van der Waals surface area contributed by atoms with Gasteiger partial charge in [-0.2, -0.15) is 4.99 Å². The Balaban J connectivity index is 1.71. The van der Waals surface area contributed by atoms with E-state index in [9.17, 15) is 9.59 Å². The lowest BCUT2D eigenvalue weighted by atomic mass is 10.1. The Kier molecular flexibility index (Phi) is 4.81. The summed E-state index contributed by atoms with van der Waals surface area (Å²) >= 11 is 1.43. The quantitative estimate of drug-likeness (QED) is 0.616. The fourth-order valence-electron chi connectivity index (χ4n) is 2.60. The first kappa shape index (κ1) is 15.8. The number of carbonyl (C=O) groups excluding carboxylic acids is 2. The molecular weight excluding hydrogens is 312 g/mol. The molecule has 0 spiro atoms. The predicted octanol–water partition coefficient (Wildman–Crippen LogP) is 2.93. The van der Waals surface area contributed by atoms with Crippen LogP contribution in [0.4, 0.5) is 0 Å². The predicted molar refractivity (Wildman–Crippen MR) is 91.2 cm³/mol. The summed E-state index contributed by atoms with van der Waals surface area (Å²) in [6.45, 7) is 1.94. The molecule has 1 aromatic carbocycles. The molecule has 3 rings (SSSR count). The average molecular weight is 330 g/mol. The van der Waals surface area contributed by atoms with Gasteiger partial charge in [0.1, 0.15) is 0 Å². The lowest BCUT2D eigenvalue weighted by Crippen LogP contribution is -2.33. The molecule has 1 fully saturated rings. The lowest BCUT2D eigenvalue weighted by Gasteiger charge is -2.27. The molecule has 0 bridgehead atoms. The molecule has 23 heavy (non-hydrogen) atoms. The fraction of sp³-hybridized carbons (Fsp3) is 0.353. The van der Waals surface area contributed by atoms with E-state index < -0.39 is 0 Å². The zero-order chi connectivity index (χ0) is 16.2. The van der Waals surface area contributed by atoms with Gasteiger partial charge >= 0.3 is 5.97 Å². The van der Waals surface area contributed by atoms with Crippen LogP contribution in [0.5, 0.6) is 0 Å². The van der Waals surface area contributed by atoms with Crippen LogP contribution in [0.15, 0.2) is 34.2 Å². The summed E-state index contributed by atoms with van der Waals surface area (Å²) in [4.78, 5) is 30.5. The van der Waals surface area contributed by atoms with Crippen LogP contribution in [0.1, 0.15) is 35.2 Å². The highest BCUT2D eigenvalue weighted by Crippen LogP contribution is 2.31. The van der Waals surface area contributed by atoms with E-state index in [1.54, 1.807) is 24.3 Å². The van der Waals surface area contributed by atoms with Crippen molar-refractivity contribution in [3.8, 4) is 0 Å². The molecule has 2 aliphatic heterocycles. The second-order valence-corrected chi connectivity index (χ2v) is 6.48. The molecule has 0 radical (unpaired) electrons. The first-order valence-electron chi connectivity index (χ1n) is 7.63. The molecule has 120 valence electrons. The Labute approximate surface area is 139 Å². The minimum atomic E-state index is -0.369. The molecule has 1 saturated heterocycles. The zero-order valence-corrected chi connectivity index (χ0v) is 13.8. The van der Waals surface area contributed by atoms with Crippen molar-refractivity contribution in [2.75, 3.05) is 20.2 Å². The minimum absolute atomic E-state index is 0.187. The van der Waals surface area contributed by atoms with Crippen molar-refractivity contribution < 1.29 is 14.3 Å². The number of benzene rings is 1. The highest BCUT2D eigenvalue weighted by molar-refractivity contribution is 8.18. The highest BCUT2D eigenvalue weighted by atomic mass is 32.2. The number of ether oxygens (including phenoxy) is 1. The smallest absolute Gasteiger partial charge is 0.337 e. The third-order valence-electron chi connectivity index (χ3n) is 3.87. The van der Waals surface area contributed by atoms with Crippen LogP contribution in [-0.2, 0) is 9.53 Å². The van der Waals surface area contributed by atoms with Gasteiger partial charge in [-0.05, 0) is 54.8 Å². The molecule has 0 saturated carbocycles. The summed E-state index contributed by atoms with van der Waals surface area (Å²) < 4.78 is 4.67. The summed E-state index contributed by atoms with van der Waals surface area (Å²) in [6, 6.07) is 6.97. The van der Waals surface area contributed by atoms with E-state index >= 15 is 0 Å². The summed E-state index contributed by atoms with van der Waals surface area (Å²) in [5, 5.41) is 0.812. The SMILES string of the molecule is COC(=O)c1ccc(/C=C2\SC(N3CCCCC3)=NC2=O)cc1. The Bertz CT molecular complexity index is 674. The van der Waals surface area contributed by atoms with E-state index in [1.807, 2.05) is 6.08 Å². The number of rotatable bonds is 2. The van der Waals surface area contributed by atoms with Gasteiger partial charge in [-0.1, -0.05) is 12.1 Å². The fourth-order valence-corrected chi connectivity index (χ4v) is 3.57. The Morgan fingerprint density at radius 1 is 1.22 bits per heavy atom. The van der Waals surface area contributed by atoms with E-state index in [4.69, 9.17) is 0 Å². The molecule has 1 aromatic rings. The van der Waals surface area contributed by atoms with Crippen LogP contribution in [0.25, 0.3) is 6.08 Å². The number of amidine groups is 1. The molecule has 2 aliphatic rings. The van der Waals surface area contributed by atoms with E-state index in [0.717, 1.165) is 36.7 Å². The van der Waals surface area contributed by atoms with Gasteiger partial charge in [-0.25, -0.2) is 4.79 Å². The number of hydrogen-bond acceptors (Lipinski definition) is 5. The average Bonchev–Trinajstić information content (AvgIpc) is 2.96. The Hall–Kier alpha value is -2.08. The van der Waals surface area contributed by atoms with Crippen molar-refractivity contribution in [1.82, 2.24) is 4.90 Å². The number of aliphatic imine (C=N–C) groups is 1. The second-order valence-electron chi connectivity index (χ2n) is 5.47. The number of likely N-dealkylation sites (tertiary alicyclic amines) is 1. The number of amides is 1. The van der Waals surface area contributed by atoms with Crippen LogP contribution in [-0.4, -0.2) is 42.1 Å². The molecule has 2 heterocycles. The van der Waals surface area contributed by atoms with E-state index in [2.05, 4.69) is 14.6 Å². The van der Waals surface area contributed by atoms with Gasteiger partial charge in [0.2, 0.25) is 0 Å². The van der Waals surface area contributed by atoms with Crippen molar-refractivity contribution in [1.29, 1.82) is 0 Å². The van der Waals surface area contributed by atoms with Crippen molar-refractivity contribution in [3.63, 3.8) is 0 Å². The van der Waals surface area contributed by atoms with Gasteiger partial charge in [-0.15, -0.1) is 0 Å².